The number of nitrogens with one attached hydrogen (secondary N) is 2. The third-order valence-electron chi connectivity index (χ3n) is 7.33. The van der Waals surface area contributed by atoms with E-state index in [-0.39, 0.29) is 17.3 Å². The van der Waals surface area contributed by atoms with Gasteiger partial charge < -0.3 is 20.4 Å². The number of nitrogens with zero attached hydrogens (tertiary/aromatic N) is 4. The number of piperidine rings is 2. The van der Waals surface area contributed by atoms with Crippen molar-refractivity contribution in [1.29, 1.82) is 5.26 Å². The van der Waals surface area contributed by atoms with Crippen LogP contribution in [0.2, 0.25) is 0 Å². The number of rotatable bonds is 7. The second kappa shape index (κ2) is 8.64. The zero-order valence-electron chi connectivity index (χ0n) is 18.1. The topological polar surface area (TPSA) is 97.5 Å². The molecule has 0 amide bonds. The minimum atomic E-state index is -0.419. The van der Waals surface area contributed by atoms with Gasteiger partial charge in [-0.2, -0.15) is 5.26 Å². The molecule has 2 saturated heterocycles. The molecule has 31 heavy (non-hydrogen) atoms. The minimum absolute atomic E-state index is 0.0961. The van der Waals surface area contributed by atoms with Crippen molar-refractivity contribution in [1.82, 2.24) is 9.80 Å². The molecule has 0 radical (unpaired) electrons. The molecule has 1 aromatic rings. The Hall–Kier alpha value is -2.37. The predicted octanol–water partition coefficient (Wildman–Crippen LogP) is 3.54. The Balaban J connectivity index is 1.28. The van der Waals surface area contributed by atoms with Crippen LogP contribution in [-0.2, 0) is 0 Å². The number of likely N-dealkylation sites (tertiary alicyclic amines) is 2. The number of nitro benzene ring substituents is 1. The molecule has 1 aromatic carbocycles. The molecular formula is C23H32N6O2. The van der Waals surface area contributed by atoms with E-state index in [1.54, 1.807) is 6.07 Å². The van der Waals surface area contributed by atoms with Crippen LogP contribution in [0.1, 0.15) is 56.9 Å². The van der Waals surface area contributed by atoms with Crippen LogP contribution < -0.4 is 10.6 Å². The fourth-order valence-electron chi connectivity index (χ4n) is 5.26. The maximum atomic E-state index is 11.8. The molecular weight excluding hydrogens is 392 g/mol. The first-order chi connectivity index (χ1) is 15.1. The highest BCUT2D eigenvalue weighted by molar-refractivity contribution is 5.75. The van der Waals surface area contributed by atoms with E-state index in [1.807, 2.05) is 6.07 Å². The van der Waals surface area contributed by atoms with Gasteiger partial charge in [0.25, 0.3) is 0 Å². The fourth-order valence-corrected chi connectivity index (χ4v) is 5.26. The average Bonchev–Trinajstić information content (AvgIpc) is 3.67. The number of benzene rings is 1. The number of nitriles is 1. The minimum Gasteiger partial charge on any atom is -0.382 e. The summed E-state index contributed by atoms with van der Waals surface area (Å²) >= 11 is 0. The summed E-state index contributed by atoms with van der Waals surface area (Å²) in [6.45, 7) is 4.29. The molecule has 2 heterocycles. The van der Waals surface area contributed by atoms with E-state index in [0.717, 1.165) is 69.6 Å². The Morgan fingerprint density at radius 3 is 1.84 bits per heavy atom. The van der Waals surface area contributed by atoms with Crippen molar-refractivity contribution in [2.75, 3.05) is 36.8 Å². The first kappa shape index (κ1) is 20.5. The quantitative estimate of drug-likeness (QED) is 0.510. The van der Waals surface area contributed by atoms with Gasteiger partial charge in [0.2, 0.25) is 0 Å². The highest BCUT2D eigenvalue weighted by atomic mass is 16.6. The summed E-state index contributed by atoms with van der Waals surface area (Å²) in [6, 6.07) is 7.66. The van der Waals surface area contributed by atoms with Crippen LogP contribution in [0, 0.1) is 21.4 Å². The molecule has 0 bridgehead atoms. The van der Waals surface area contributed by atoms with Crippen LogP contribution in [-0.4, -0.2) is 65.1 Å². The summed E-state index contributed by atoms with van der Waals surface area (Å²) in [5.74, 6) is 0. The molecule has 8 nitrogen and oxygen atoms in total. The average molecular weight is 425 g/mol. The second-order valence-corrected chi connectivity index (χ2v) is 9.66. The normalized spacial score (nSPS) is 24.0. The zero-order chi connectivity index (χ0) is 21.4. The third kappa shape index (κ3) is 4.78. The summed E-state index contributed by atoms with van der Waals surface area (Å²) in [6.07, 6.45) is 9.38. The number of hydrogen-bond donors (Lipinski definition) is 2. The fraction of sp³-hybridized carbons (Fsp3) is 0.696. The smallest absolute Gasteiger partial charge is 0.310 e. The standard InChI is InChI=1S/C23H32N6O2/c24-15-16-13-19(25-17-5-9-27(10-6-17)20-1-2-20)14-22(23(16)29(30)31)26-18-7-11-28(12-8-18)21-3-4-21/h13-14,17-18,20-21,25-26H,1-12H2. The molecule has 8 heteroatoms. The first-order valence-electron chi connectivity index (χ1n) is 11.8. The van der Waals surface area contributed by atoms with E-state index < -0.39 is 4.92 Å². The third-order valence-corrected chi connectivity index (χ3v) is 7.33. The Morgan fingerprint density at radius 2 is 1.39 bits per heavy atom. The summed E-state index contributed by atoms with van der Waals surface area (Å²) in [7, 11) is 0. The van der Waals surface area contributed by atoms with Gasteiger partial charge in [-0.3, -0.25) is 10.1 Å². The van der Waals surface area contributed by atoms with Crippen LogP contribution >= 0.6 is 0 Å². The molecule has 0 unspecified atom stereocenters. The summed E-state index contributed by atoms with van der Waals surface area (Å²) in [4.78, 5) is 16.5. The van der Waals surface area contributed by atoms with Gasteiger partial charge in [0.1, 0.15) is 17.3 Å². The van der Waals surface area contributed by atoms with Gasteiger partial charge in [-0.15, -0.1) is 0 Å². The van der Waals surface area contributed by atoms with E-state index in [2.05, 4.69) is 26.5 Å². The van der Waals surface area contributed by atoms with E-state index in [1.165, 1.54) is 25.7 Å². The van der Waals surface area contributed by atoms with Crippen LogP contribution in [0.4, 0.5) is 17.1 Å². The predicted molar refractivity (Wildman–Crippen MR) is 120 cm³/mol. The van der Waals surface area contributed by atoms with Crippen molar-refractivity contribution < 1.29 is 4.92 Å². The molecule has 2 aliphatic carbocycles. The van der Waals surface area contributed by atoms with Gasteiger partial charge in [-0.1, -0.05) is 0 Å². The number of nitro groups is 1. The van der Waals surface area contributed by atoms with Crippen molar-refractivity contribution in [2.45, 2.75) is 75.5 Å². The van der Waals surface area contributed by atoms with Crippen molar-refractivity contribution in [3.05, 3.63) is 27.8 Å². The maximum absolute atomic E-state index is 11.8. The van der Waals surface area contributed by atoms with Crippen molar-refractivity contribution >= 4 is 17.1 Å². The number of anilines is 2. The van der Waals surface area contributed by atoms with Crippen LogP contribution in [0.3, 0.4) is 0 Å². The number of hydrogen-bond acceptors (Lipinski definition) is 7. The first-order valence-corrected chi connectivity index (χ1v) is 11.8. The molecule has 4 fully saturated rings. The van der Waals surface area contributed by atoms with Gasteiger partial charge >= 0.3 is 5.69 Å². The molecule has 0 atom stereocenters. The molecule has 4 aliphatic rings. The highest BCUT2D eigenvalue weighted by Crippen LogP contribution is 2.36. The van der Waals surface area contributed by atoms with Gasteiger partial charge in [-0.05, 0) is 63.5 Å². The Bertz CT molecular complexity index is 860. The Labute approximate surface area is 183 Å². The molecule has 5 rings (SSSR count). The van der Waals surface area contributed by atoms with Crippen molar-refractivity contribution in [3.8, 4) is 6.07 Å². The summed E-state index contributed by atoms with van der Waals surface area (Å²) in [5, 5.41) is 28.4. The Kier molecular flexibility index (Phi) is 5.72. The van der Waals surface area contributed by atoms with Gasteiger partial charge in [0.15, 0.2) is 0 Å². The van der Waals surface area contributed by atoms with Crippen LogP contribution in [0.5, 0.6) is 0 Å². The van der Waals surface area contributed by atoms with Crippen LogP contribution in [0.25, 0.3) is 0 Å². The lowest BCUT2D eigenvalue weighted by Gasteiger charge is -2.33. The lowest BCUT2D eigenvalue weighted by molar-refractivity contribution is -0.384. The van der Waals surface area contributed by atoms with Crippen LogP contribution in [0.15, 0.2) is 12.1 Å². The monoisotopic (exact) mass is 424 g/mol. The Morgan fingerprint density at radius 1 is 0.871 bits per heavy atom. The molecule has 2 saturated carbocycles. The highest BCUT2D eigenvalue weighted by Gasteiger charge is 2.34. The lowest BCUT2D eigenvalue weighted by Crippen LogP contribution is -2.40. The van der Waals surface area contributed by atoms with Gasteiger partial charge in [-0.25, -0.2) is 0 Å². The van der Waals surface area contributed by atoms with E-state index in [9.17, 15) is 15.4 Å². The van der Waals surface area contributed by atoms with Gasteiger partial charge in [0.05, 0.1) is 4.92 Å². The maximum Gasteiger partial charge on any atom is 0.310 e. The van der Waals surface area contributed by atoms with E-state index in [0.29, 0.717) is 11.7 Å². The summed E-state index contributed by atoms with van der Waals surface area (Å²) < 4.78 is 0. The molecule has 2 aliphatic heterocycles. The molecule has 2 N–H and O–H groups in total. The molecule has 166 valence electrons. The SMILES string of the molecule is N#Cc1cc(NC2CCN(C3CC3)CC2)cc(NC2CCN(C3CC3)CC2)c1[N+](=O)[O-]. The van der Waals surface area contributed by atoms with E-state index >= 15 is 0 Å². The van der Waals surface area contributed by atoms with E-state index in [4.69, 9.17) is 0 Å². The largest absolute Gasteiger partial charge is 0.382 e. The molecule has 0 spiro atoms. The van der Waals surface area contributed by atoms with Gasteiger partial charge in [0, 0.05) is 56.0 Å². The summed E-state index contributed by atoms with van der Waals surface area (Å²) in [5.41, 5.74) is 1.32. The van der Waals surface area contributed by atoms with Crippen molar-refractivity contribution in [2.24, 2.45) is 0 Å². The van der Waals surface area contributed by atoms with Crippen molar-refractivity contribution in [3.63, 3.8) is 0 Å². The zero-order valence-corrected chi connectivity index (χ0v) is 18.1. The second-order valence-electron chi connectivity index (χ2n) is 9.66. The molecule has 0 aromatic heterocycles. The lowest BCUT2D eigenvalue weighted by atomic mass is 10.0.